The molecule has 1 aliphatic rings. The molecule has 5 nitrogen and oxygen atoms in total. The monoisotopic (exact) mass is 271 g/mol. The van der Waals surface area contributed by atoms with Crippen molar-refractivity contribution in [2.45, 2.75) is 32.2 Å². The molecule has 0 atom stereocenters. The van der Waals surface area contributed by atoms with E-state index in [-0.39, 0.29) is 17.0 Å². The van der Waals surface area contributed by atoms with Gasteiger partial charge in [0.15, 0.2) is 5.69 Å². The van der Waals surface area contributed by atoms with Gasteiger partial charge in [-0.2, -0.15) is 5.10 Å². The third-order valence-electron chi connectivity index (χ3n) is 4.04. The number of aromatic amines is 1. The fourth-order valence-electron chi connectivity index (χ4n) is 2.89. The number of benzene rings is 1. The summed E-state index contributed by atoms with van der Waals surface area (Å²) < 4.78 is 0. The Morgan fingerprint density at radius 2 is 2.00 bits per heavy atom. The molecule has 104 valence electrons. The molecule has 0 saturated carbocycles. The Labute approximate surface area is 116 Å². The van der Waals surface area contributed by atoms with Crippen LogP contribution in [0.25, 0.3) is 10.8 Å². The van der Waals surface area contributed by atoms with E-state index >= 15 is 0 Å². The van der Waals surface area contributed by atoms with Crippen LogP contribution in [0.1, 0.15) is 37.2 Å². The van der Waals surface area contributed by atoms with Gasteiger partial charge in [0.1, 0.15) is 0 Å². The molecule has 20 heavy (non-hydrogen) atoms. The summed E-state index contributed by atoms with van der Waals surface area (Å²) in [7, 11) is 0. The molecule has 1 saturated heterocycles. The van der Waals surface area contributed by atoms with Crippen molar-refractivity contribution in [2.24, 2.45) is 0 Å². The molecule has 0 unspecified atom stereocenters. The van der Waals surface area contributed by atoms with E-state index in [9.17, 15) is 9.59 Å². The average Bonchev–Trinajstić information content (AvgIpc) is 2.78. The first-order valence-electron chi connectivity index (χ1n) is 6.80. The van der Waals surface area contributed by atoms with Crippen molar-refractivity contribution >= 4 is 16.7 Å². The Balaban J connectivity index is 2.14. The Morgan fingerprint density at radius 1 is 1.30 bits per heavy atom. The van der Waals surface area contributed by atoms with E-state index in [1.807, 2.05) is 11.0 Å². The summed E-state index contributed by atoms with van der Waals surface area (Å²) in [5.74, 6) is -0.111. The Bertz CT molecular complexity index is 733. The molecule has 1 aromatic carbocycles. The molecule has 0 aliphatic carbocycles. The minimum absolute atomic E-state index is 0.111. The van der Waals surface area contributed by atoms with Crippen LogP contribution in [-0.2, 0) is 0 Å². The molecular weight excluding hydrogens is 254 g/mol. The van der Waals surface area contributed by atoms with Gasteiger partial charge in [0.2, 0.25) is 0 Å². The zero-order chi connectivity index (χ0) is 14.3. The predicted octanol–water partition coefficient (Wildman–Crippen LogP) is 1.94. The molecule has 3 rings (SSSR count). The lowest BCUT2D eigenvalue weighted by molar-refractivity contribution is 0.0647. The summed E-state index contributed by atoms with van der Waals surface area (Å²) in [4.78, 5) is 26.3. The number of aromatic nitrogens is 2. The average molecular weight is 271 g/mol. The first-order chi connectivity index (χ1) is 9.50. The number of hydrogen-bond acceptors (Lipinski definition) is 3. The number of likely N-dealkylation sites (tertiary alicyclic amines) is 1. The minimum Gasteiger partial charge on any atom is -0.332 e. The molecule has 1 aliphatic heterocycles. The highest BCUT2D eigenvalue weighted by Gasteiger charge is 2.37. The molecule has 0 spiro atoms. The van der Waals surface area contributed by atoms with E-state index in [4.69, 9.17) is 0 Å². The van der Waals surface area contributed by atoms with Crippen LogP contribution in [-0.4, -0.2) is 33.1 Å². The number of H-pyrrole nitrogens is 1. The van der Waals surface area contributed by atoms with Gasteiger partial charge in [-0.25, -0.2) is 5.10 Å². The lowest BCUT2D eigenvalue weighted by Gasteiger charge is -2.31. The number of nitrogens with zero attached hydrogens (tertiary/aromatic N) is 2. The molecule has 2 heterocycles. The normalized spacial score (nSPS) is 17.6. The number of amides is 1. The Morgan fingerprint density at radius 3 is 2.65 bits per heavy atom. The first-order valence-corrected chi connectivity index (χ1v) is 6.80. The van der Waals surface area contributed by atoms with Crippen LogP contribution in [0.3, 0.4) is 0 Å². The van der Waals surface area contributed by atoms with E-state index in [0.717, 1.165) is 19.4 Å². The van der Waals surface area contributed by atoms with Gasteiger partial charge in [-0.1, -0.05) is 18.2 Å². The molecule has 1 N–H and O–H groups in total. The Hall–Kier alpha value is -2.17. The van der Waals surface area contributed by atoms with Gasteiger partial charge >= 0.3 is 0 Å². The van der Waals surface area contributed by atoms with Crippen LogP contribution in [0.15, 0.2) is 29.1 Å². The maximum Gasteiger partial charge on any atom is 0.275 e. The van der Waals surface area contributed by atoms with Gasteiger partial charge in [0.05, 0.1) is 5.39 Å². The molecular formula is C15H17N3O2. The van der Waals surface area contributed by atoms with Gasteiger partial charge in [-0.15, -0.1) is 0 Å². The predicted molar refractivity (Wildman–Crippen MR) is 76.7 cm³/mol. The maximum absolute atomic E-state index is 12.7. The molecule has 2 aromatic rings. The Kier molecular flexibility index (Phi) is 2.85. The smallest absolute Gasteiger partial charge is 0.275 e. The van der Waals surface area contributed by atoms with Crippen LogP contribution >= 0.6 is 0 Å². The van der Waals surface area contributed by atoms with Gasteiger partial charge < -0.3 is 4.90 Å². The number of hydrogen-bond donors (Lipinski definition) is 1. The number of nitrogens with one attached hydrogen (secondary N) is 1. The fourth-order valence-corrected chi connectivity index (χ4v) is 2.89. The van der Waals surface area contributed by atoms with Gasteiger partial charge in [0, 0.05) is 17.5 Å². The highest BCUT2D eigenvalue weighted by atomic mass is 16.2. The molecule has 0 bridgehead atoms. The second-order valence-electron chi connectivity index (χ2n) is 5.82. The number of rotatable bonds is 1. The fraction of sp³-hybridized carbons (Fsp3) is 0.400. The van der Waals surface area contributed by atoms with Crippen molar-refractivity contribution in [1.29, 1.82) is 0 Å². The van der Waals surface area contributed by atoms with Crippen LogP contribution in [0, 0.1) is 0 Å². The summed E-state index contributed by atoms with van der Waals surface area (Å²) in [6, 6.07) is 7.08. The highest BCUT2D eigenvalue weighted by Crippen LogP contribution is 2.30. The van der Waals surface area contributed by atoms with Crippen molar-refractivity contribution in [3.63, 3.8) is 0 Å². The topological polar surface area (TPSA) is 66.1 Å². The number of carbonyl (C=O) groups excluding carboxylic acids is 1. The van der Waals surface area contributed by atoms with Crippen molar-refractivity contribution in [3.05, 3.63) is 40.3 Å². The summed E-state index contributed by atoms with van der Waals surface area (Å²) in [5.41, 5.74) is -0.0938. The molecule has 1 aromatic heterocycles. The number of fused-ring (bicyclic) bond motifs is 1. The second kappa shape index (κ2) is 4.44. The van der Waals surface area contributed by atoms with E-state index in [1.54, 1.807) is 18.2 Å². The summed E-state index contributed by atoms with van der Waals surface area (Å²) in [6.45, 7) is 4.86. The molecule has 5 heteroatoms. The largest absolute Gasteiger partial charge is 0.332 e. The minimum atomic E-state index is -0.266. The molecule has 1 fully saturated rings. The van der Waals surface area contributed by atoms with E-state index < -0.39 is 0 Å². The van der Waals surface area contributed by atoms with Gasteiger partial charge in [-0.05, 0) is 32.8 Å². The van der Waals surface area contributed by atoms with Crippen LogP contribution in [0.2, 0.25) is 0 Å². The van der Waals surface area contributed by atoms with Crippen LogP contribution < -0.4 is 5.56 Å². The zero-order valence-corrected chi connectivity index (χ0v) is 11.6. The lowest BCUT2D eigenvalue weighted by atomic mass is 10.0. The summed E-state index contributed by atoms with van der Waals surface area (Å²) in [6.07, 6.45) is 1.99. The zero-order valence-electron chi connectivity index (χ0n) is 11.6. The highest BCUT2D eigenvalue weighted by molar-refractivity contribution is 6.05. The second-order valence-corrected chi connectivity index (χ2v) is 5.82. The first kappa shape index (κ1) is 12.8. The van der Waals surface area contributed by atoms with E-state index in [1.165, 1.54) is 0 Å². The van der Waals surface area contributed by atoms with Crippen LogP contribution in [0.4, 0.5) is 0 Å². The maximum atomic E-state index is 12.7. The molecule has 0 radical (unpaired) electrons. The standard InChI is InChI=1S/C15H17N3O2/c1-15(2)8-5-9-18(15)14(20)12-10-6-3-4-7-11(10)13(19)17-16-12/h3-4,6-7H,5,8-9H2,1-2H3,(H,17,19). The summed E-state index contributed by atoms with van der Waals surface area (Å²) in [5, 5.41) is 7.53. The van der Waals surface area contributed by atoms with Crippen LogP contribution in [0.5, 0.6) is 0 Å². The number of carbonyl (C=O) groups is 1. The van der Waals surface area contributed by atoms with Crippen molar-refractivity contribution in [3.8, 4) is 0 Å². The van der Waals surface area contributed by atoms with Crippen molar-refractivity contribution in [2.75, 3.05) is 6.54 Å². The van der Waals surface area contributed by atoms with Gasteiger partial charge in [0.25, 0.3) is 11.5 Å². The SMILES string of the molecule is CC1(C)CCCN1C(=O)c1n[nH]c(=O)c2ccccc12. The van der Waals surface area contributed by atoms with E-state index in [0.29, 0.717) is 16.5 Å². The lowest BCUT2D eigenvalue weighted by Crippen LogP contribution is -2.43. The van der Waals surface area contributed by atoms with Gasteiger partial charge in [-0.3, -0.25) is 9.59 Å². The summed E-state index contributed by atoms with van der Waals surface area (Å²) >= 11 is 0. The molecule has 1 amide bonds. The third kappa shape index (κ3) is 1.90. The van der Waals surface area contributed by atoms with E-state index in [2.05, 4.69) is 24.0 Å². The van der Waals surface area contributed by atoms with Crippen molar-refractivity contribution < 1.29 is 4.79 Å². The third-order valence-corrected chi connectivity index (χ3v) is 4.04. The van der Waals surface area contributed by atoms with Crippen molar-refractivity contribution in [1.82, 2.24) is 15.1 Å². The quantitative estimate of drug-likeness (QED) is 0.862.